The third-order valence-electron chi connectivity index (χ3n) is 8.18. The number of piperazine rings is 1. The van der Waals surface area contributed by atoms with E-state index in [0.29, 0.717) is 34.8 Å². The third-order valence-corrected chi connectivity index (χ3v) is 8.18. The van der Waals surface area contributed by atoms with Crippen molar-refractivity contribution in [2.24, 2.45) is 0 Å². The quantitative estimate of drug-likeness (QED) is 0.289. The van der Waals surface area contributed by atoms with E-state index in [2.05, 4.69) is 44.2 Å². The molecule has 0 spiro atoms. The van der Waals surface area contributed by atoms with Crippen molar-refractivity contribution in [1.82, 2.24) is 33.9 Å². The second kappa shape index (κ2) is 12.0. The Morgan fingerprint density at radius 1 is 1.00 bits per heavy atom. The number of aromatic nitrogens is 5. The number of hydrogen-bond acceptors (Lipinski definition) is 11. The lowest BCUT2D eigenvalue weighted by Crippen LogP contribution is -2.44. The predicted octanol–water partition coefficient (Wildman–Crippen LogP) is 2.39. The summed E-state index contributed by atoms with van der Waals surface area (Å²) < 4.78 is 20.4. The Morgan fingerprint density at radius 3 is 2.45 bits per heavy atom. The molecule has 13 heteroatoms. The number of aliphatic hydroxyl groups is 1. The summed E-state index contributed by atoms with van der Waals surface area (Å²) in [6.45, 7) is 5.82. The number of methoxy groups -OCH3 is 3. The lowest BCUT2D eigenvalue weighted by molar-refractivity contribution is 0.146. The maximum atomic E-state index is 10.0. The molecular weight excluding hydrogens is 538 g/mol. The number of imidazole rings is 1. The first-order valence-electron chi connectivity index (χ1n) is 14.3. The Kier molecular flexibility index (Phi) is 8.05. The van der Waals surface area contributed by atoms with E-state index in [1.165, 1.54) is 0 Å². The average Bonchev–Trinajstić information content (AvgIpc) is 3.78. The smallest absolute Gasteiger partial charge is 0.245 e. The average molecular weight is 578 g/mol. The van der Waals surface area contributed by atoms with Gasteiger partial charge < -0.3 is 39.0 Å². The van der Waals surface area contributed by atoms with E-state index >= 15 is 0 Å². The van der Waals surface area contributed by atoms with Crippen LogP contribution in [0, 0.1) is 0 Å². The van der Waals surface area contributed by atoms with Gasteiger partial charge in [0, 0.05) is 51.4 Å². The minimum absolute atomic E-state index is 0.00573. The zero-order valence-electron chi connectivity index (χ0n) is 24.7. The van der Waals surface area contributed by atoms with E-state index < -0.39 is 0 Å². The molecule has 1 aromatic carbocycles. The Hall–Kier alpha value is -4.07. The number of aliphatic hydroxyl groups excluding tert-OH is 1. The number of nitrogens with zero attached hydrogens (tertiary/aromatic N) is 8. The summed E-state index contributed by atoms with van der Waals surface area (Å²) in [5.74, 6) is 3.52. The zero-order valence-corrected chi connectivity index (χ0v) is 24.7. The lowest BCUT2D eigenvalue weighted by atomic mass is 10.2. The van der Waals surface area contributed by atoms with Crippen molar-refractivity contribution in [2.75, 3.05) is 77.9 Å². The Labute approximate surface area is 245 Å². The van der Waals surface area contributed by atoms with Crippen molar-refractivity contribution >= 4 is 23.1 Å². The van der Waals surface area contributed by atoms with E-state index in [0.717, 1.165) is 69.0 Å². The fraction of sp³-hybridized carbons (Fsp3) is 0.483. The highest BCUT2D eigenvalue weighted by molar-refractivity contribution is 5.74. The fourth-order valence-electron chi connectivity index (χ4n) is 5.76. The van der Waals surface area contributed by atoms with Crippen LogP contribution in [0.4, 0.5) is 17.6 Å². The van der Waals surface area contributed by atoms with E-state index in [9.17, 15) is 5.11 Å². The number of fused-ring (bicyclic) bond motifs is 1. The first kappa shape index (κ1) is 28.1. The van der Waals surface area contributed by atoms with Crippen LogP contribution in [0.1, 0.15) is 18.5 Å². The van der Waals surface area contributed by atoms with E-state index in [1.807, 2.05) is 27.4 Å². The van der Waals surface area contributed by atoms with Crippen molar-refractivity contribution in [3.8, 4) is 22.9 Å². The lowest BCUT2D eigenvalue weighted by Gasteiger charge is -2.32. The summed E-state index contributed by atoms with van der Waals surface area (Å²) in [6, 6.07) is 7.92. The largest absolute Gasteiger partial charge is 0.493 e. The van der Waals surface area contributed by atoms with Crippen molar-refractivity contribution in [2.45, 2.75) is 25.4 Å². The van der Waals surface area contributed by atoms with Gasteiger partial charge in [-0.2, -0.15) is 4.98 Å². The van der Waals surface area contributed by atoms with Crippen LogP contribution in [-0.2, 0) is 6.54 Å². The summed E-state index contributed by atoms with van der Waals surface area (Å²) in [6.07, 6.45) is 5.52. The van der Waals surface area contributed by atoms with Crippen molar-refractivity contribution in [1.29, 1.82) is 0 Å². The van der Waals surface area contributed by atoms with Gasteiger partial charge in [0.1, 0.15) is 17.7 Å². The van der Waals surface area contributed by atoms with Crippen LogP contribution in [0.5, 0.6) is 17.2 Å². The second-order valence-corrected chi connectivity index (χ2v) is 10.8. The molecule has 42 heavy (non-hydrogen) atoms. The molecule has 2 N–H and O–H groups in total. The van der Waals surface area contributed by atoms with Crippen LogP contribution < -0.4 is 24.4 Å². The van der Waals surface area contributed by atoms with Gasteiger partial charge in [-0.25, -0.2) is 9.50 Å². The number of anilines is 3. The van der Waals surface area contributed by atoms with Gasteiger partial charge in [-0.3, -0.25) is 4.90 Å². The van der Waals surface area contributed by atoms with Gasteiger partial charge >= 0.3 is 0 Å². The molecule has 5 heterocycles. The highest BCUT2D eigenvalue weighted by atomic mass is 16.5. The summed E-state index contributed by atoms with van der Waals surface area (Å²) in [4.78, 5) is 16.5. The molecule has 4 aromatic rings. The first-order chi connectivity index (χ1) is 20.5. The van der Waals surface area contributed by atoms with E-state index in [4.69, 9.17) is 24.3 Å². The number of hydrogen-bond donors (Lipinski definition) is 2. The molecule has 2 aliphatic heterocycles. The molecule has 2 fully saturated rings. The van der Waals surface area contributed by atoms with Gasteiger partial charge in [0.05, 0.1) is 51.6 Å². The summed E-state index contributed by atoms with van der Waals surface area (Å²) in [5.41, 5.74) is 2.77. The van der Waals surface area contributed by atoms with Crippen LogP contribution in [-0.4, -0.2) is 113 Å². The van der Waals surface area contributed by atoms with Crippen LogP contribution in [0.15, 0.2) is 36.8 Å². The van der Waals surface area contributed by atoms with Crippen molar-refractivity contribution in [3.05, 3.63) is 42.5 Å². The Bertz CT molecular complexity index is 1500. The number of benzene rings is 1. The Balaban J connectivity index is 1.34. The van der Waals surface area contributed by atoms with Gasteiger partial charge in [-0.1, -0.05) is 0 Å². The standard InChI is InChI=1S/C29H39N9O4/c1-34-10-12-35(13-11-34)16-20-7-8-23-28(32-29(33-38(20)23)37-9-5-6-21(37)18-39)31-26-17-36(19-30-26)22-14-24(40-2)27(42-4)25(15-22)41-3/h7-8,14-15,17,19,21,39H,5-6,9-13,16,18H2,1-4H3,(H,31,32,33). The Morgan fingerprint density at radius 2 is 1.76 bits per heavy atom. The molecule has 0 bridgehead atoms. The monoisotopic (exact) mass is 577 g/mol. The molecule has 0 saturated carbocycles. The second-order valence-electron chi connectivity index (χ2n) is 10.8. The molecule has 6 rings (SSSR count). The van der Waals surface area contributed by atoms with Crippen LogP contribution in [0.2, 0.25) is 0 Å². The number of ether oxygens (including phenoxy) is 3. The van der Waals surface area contributed by atoms with Gasteiger partial charge in [0.25, 0.3) is 0 Å². The number of rotatable bonds is 10. The van der Waals surface area contributed by atoms with Gasteiger partial charge in [0.15, 0.2) is 17.3 Å². The van der Waals surface area contributed by atoms with Gasteiger partial charge in [-0.05, 0) is 32.0 Å². The third kappa shape index (κ3) is 5.42. The van der Waals surface area contributed by atoms with Crippen LogP contribution >= 0.6 is 0 Å². The van der Waals surface area contributed by atoms with Crippen molar-refractivity contribution in [3.63, 3.8) is 0 Å². The minimum Gasteiger partial charge on any atom is -0.493 e. The van der Waals surface area contributed by atoms with Gasteiger partial charge in [-0.15, -0.1) is 5.10 Å². The highest BCUT2D eigenvalue weighted by Gasteiger charge is 2.28. The van der Waals surface area contributed by atoms with Crippen molar-refractivity contribution < 1.29 is 19.3 Å². The summed E-state index contributed by atoms with van der Waals surface area (Å²) >= 11 is 0. The highest BCUT2D eigenvalue weighted by Crippen LogP contribution is 2.39. The normalized spacial score (nSPS) is 18.1. The van der Waals surface area contributed by atoms with Gasteiger partial charge in [0.2, 0.25) is 11.7 Å². The number of nitrogens with one attached hydrogen (secondary N) is 1. The van der Waals surface area contributed by atoms with Crippen LogP contribution in [0.25, 0.3) is 11.2 Å². The zero-order chi connectivity index (χ0) is 29.2. The molecule has 3 aromatic heterocycles. The number of likely N-dealkylation sites (N-methyl/N-ethyl adjacent to an activating group) is 1. The predicted molar refractivity (Wildman–Crippen MR) is 160 cm³/mol. The maximum absolute atomic E-state index is 10.0. The summed E-state index contributed by atoms with van der Waals surface area (Å²) in [5, 5.41) is 18.4. The molecule has 0 amide bonds. The van der Waals surface area contributed by atoms with E-state index in [1.54, 1.807) is 27.7 Å². The fourth-order valence-corrected chi connectivity index (χ4v) is 5.76. The first-order valence-corrected chi connectivity index (χ1v) is 14.3. The SMILES string of the molecule is COc1cc(-n2cnc(Nc3nc(N4CCCC4CO)nn4c(CN5CCN(C)CC5)ccc34)c2)cc(OC)c1OC. The van der Waals surface area contributed by atoms with Crippen LogP contribution in [0.3, 0.4) is 0 Å². The molecule has 13 nitrogen and oxygen atoms in total. The summed E-state index contributed by atoms with van der Waals surface area (Å²) in [7, 11) is 6.94. The molecule has 224 valence electrons. The molecule has 1 unspecified atom stereocenters. The molecule has 0 aliphatic carbocycles. The molecule has 0 radical (unpaired) electrons. The topological polar surface area (TPSA) is 118 Å². The molecule has 1 atom stereocenters. The molecule has 2 saturated heterocycles. The molecule has 2 aliphatic rings. The van der Waals surface area contributed by atoms with E-state index in [-0.39, 0.29) is 12.6 Å². The maximum Gasteiger partial charge on any atom is 0.245 e. The minimum atomic E-state index is 0.00573. The molecular formula is C29H39N9O4.